The van der Waals surface area contributed by atoms with Gasteiger partial charge in [0.2, 0.25) is 0 Å². The summed E-state index contributed by atoms with van der Waals surface area (Å²) in [7, 11) is 0. The highest BCUT2D eigenvalue weighted by Gasteiger charge is 1.99. The monoisotopic (exact) mass is 424 g/mol. The van der Waals surface area contributed by atoms with Crippen LogP contribution in [-0.4, -0.2) is 11.7 Å². The maximum absolute atomic E-state index is 5.69. The van der Waals surface area contributed by atoms with E-state index in [2.05, 4.69) is 71.1 Å². The van der Waals surface area contributed by atoms with Gasteiger partial charge in [0.05, 0.1) is 0 Å². The van der Waals surface area contributed by atoms with Crippen LogP contribution in [0.3, 0.4) is 0 Å². The minimum absolute atomic E-state index is 0.566. The van der Waals surface area contributed by atoms with Crippen molar-refractivity contribution in [2.24, 2.45) is 0 Å². The van der Waals surface area contributed by atoms with Gasteiger partial charge in [0, 0.05) is 6.42 Å². The molecule has 0 saturated heterocycles. The standard InChI is InChI=1S/C28H40OS/c1-23(2)12-9-13-24(3)14-10-15-25(4)16-11-17-26(5)20-21-29-28(30)22-27-18-7-6-8-19-27/h6-8,12,14,16,18-20H,9-11,13,15,17,21-22H2,1-5H3/b24-14+,25-16+,26-20+. The molecule has 0 radical (unpaired) electrons. The van der Waals surface area contributed by atoms with Crippen molar-refractivity contribution < 1.29 is 4.74 Å². The second kappa shape index (κ2) is 15.8. The molecule has 0 aliphatic rings. The van der Waals surface area contributed by atoms with Gasteiger partial charge in [-0.3, -0.25) is 0 Å². The predicted molar refractivity (Wildman–Crippen MR) is 137 cm³/mol. The molecular formula is C28H40OS. The van der Waals surface area contributed by atoms with E-state index >= 15 is 0 Å². The Labute approximate surface area is 190 Å². The molecule has 1 aromatic rings. The summed E-state index contributed by atoms with van der Waals surface area (Å²) in [6.07, 6.45) is 16.7. The van der Waals surface area contributed by atoms with E-state index in [4.69, 9.17) is 17.0 Å². The molecule has 0 bridgehead atoms. The minimum atomic E-state index is 0.566. The van der Waals surface area contributed by atoms with Gasteiger partial charge in [-0.05, 0) is 97.0 Å². The highest BCUT2D eigenvalue weighted by molar-refractivity contribution is 7.80. The molecule has 0 aliphatic heterocycles. The quantitative estimate of drug-likeness (QED) is 0.231. The predicted octanol–water partition coefficient (Wildman–Crippen LogP) is 8.72. The van der Waals surface area contributed by atoms with Crippen LogP contribution in [0.4, 0.5) is 0 Å². The largest absolute Gasteiger partial charge is 0.483 e. The van der Waals surface area contributed by atoms with Crippen molar-refractivity contribution >= 4 is 17.3 Å². The topological polar surface area (TPSA) is 9.23 Å². The number of thiocarbonyl (C=S) groups is 1. The fourth-order valence-corrected chi connectivity index (χ4v) is 3.31. The van der Waals surface area contributed by atoms with Crippen LogP contribution in [0.2, 0.25) is 0 Å². The molecule has 1 nitrogen and oxygen atoms in total. The molecule has 0 N–H and O–H groups in total. The normalized spacial score (nSPS) is 12.6. The second-order valence-corrected chi connectivity index (χ2v) is 8.85. The zero-order valence-electron chi connectivity index (χ0n) is 19.7. The lowest BCUT2D eigenvalue weighted by atomic mass is 10.0. The third-order valence-electron chi connectivity index (χ3n) is 5.02. The van der Waals surface area contributed by atoms with E-state index in [1.807, 2.05) is 18.2 Å². The molecule has 0 atom stereocenters. The summed E-state index contributed by atoms with van der Waals surface area (Å²) < 4.78 is 5.69. The fourth-order valence-electron chi connectivity index (χ4n) is 3.08. The van der Waals surface area contributed by atoms with E-state index in [-0.39, 0.29) is 0 Å². The maximum Gasteiger partial charge on any atom is 0.164 e. The number of hydrogen-bond acceptors (Lipinski definition) is 2. The van der Waals surface area contributed by atoms with Crippen LogP contribution < -0.4 is 0 Å². The lowest BCUT2D eigenvalue weighted by Gasteiger charge is -2.06. The highest BCUT2D eigenvalue weighted by atomic mass is 32.1. The Morgan fingerprint density at radius 2 is 1.23 bits per heavy atom. The summed E-state index contributed by atoms with van der Waals surface area (Å²) in [5.74, 6) is 0. The Hall–Kier alpha value is -1.93. The van der Waals surface area contributed by atoms with Crippen LogP contribution in [0, 0.1) is 0 Å². The molecule has 0 amide bonds. The van der Waals surface area contributed by atoms with E-state index in [9.17, 15) is 0 Å². The molecule has 0 aliphatic carbocycles. The Bertz CT molecular complexity index is 746. The van der Waals surface area contributed by atoms with Crippen LogP contribution in [0.15, 0.2) is 76.9 Å². The third-order valence-corrected chi connectivity index (χ3v) is 5.28. The number of rotatable bonds is 13. The Balaban J connectivity index is 2.21. The number of hydrogen-bond donors (Lipinski definition) is 0. The van der Waals surface area contributed by atoms with Gasteiger partial charge in [0.1, 0.15) is 6.61 Å². The van der Waals surface area contributed by atoms with Gasteiger partial charge in [-0.2, -0.15) is 0 Å². The van der Waals surface area contributed by atoms with Crippen molar-refractivity contribution in [3.63, 3.8) is 0 Å². The van der Waals surface area contributed by atoms with Gasteiger partial charge >= 0.3 is 0 Å². The third kappa shape index (κ3) is 14.1. The van der Waals surface area contributed by atoms with Crippen molar-refractivity contribution in [2.75, 3.05) is 6.61 Å². The maximum atomic E-state index is 5.69. The Morgan fingerprint density at radius 3 is 1.77 bits per heavy atom. The van der Waals surface area contributed by atoms with E-state index in [1.54, 1.807) is 0 Å². The van der Waals surface area contributed by atoms with Crippen molar-refractivity contribution in [1.82, 2.24) is 0 Å². The molecule has 0 fully saturated rings. The van der Waals surface area contributed by atoms with Crippen LogP contribution >= 0.6 is 12.2 Å². The summed E-state index contributed by atoms with van der Waals surface area (Å²) >= 11 is 5.33. The Kier molecular flexibility index (Phi) is 13.8. The van der Waals surface area contributed by atoms with E-state index in [1.165, 1.54) is 34.3 Å². The van der Waals surface area contributed by atoms with E-state index < -0.39 is 0 Å². The minimum Gasteiger partial charge on any atom is -0.483 e. The van der Waals surface area contributed by atoms with Gasteiger partial charge in [-0.25, -0.2) is 0 Å². The molecular weight excluding hydrogens is 384 g/mol. The average molecular weight is 425 g/mol. The molecule has 0 heterocycles. The zero-order valence-corrected chi connectivity index (χ0v) is 20.5. The first kappa shape index (κ1) is 26.1. The second-order valence-electron chi connectivity index (χ2n) is 8.39. The van der Waals surface area contributed by atoms with Gasteiger partial charge in [0.25, 0.3) is 0 Å². The lowest BCUT2D eigenvalue weighted by molar-refractivity contribution is 0.351. The molecule has 0 spiro atoms. The van der Waals surface area contributed by atoms with Crippen molar-refractivity contribution in [2.45, 2.75) is 79.6 Å². The molecule has 1 aromatic carbocycles. The van der Waals surface area contributed by atoms with Crippen molar-refractivity contribution in [1.29, 1.82) is 0 Å². The van der Waals surface area contributed by atoms with Crippen molar-refractivity contribution in [3.05, 3.63) is 82.5 Å². The summed E-state index contributed by atoms with van der Waals surface area (Å²) in [5, 5.41) is 0.658. The van der Waals surface area contributed by atoms with Crippen molar-refractivity contribution in [3.8, 4) is 0 Å². The summed E-state index contributed by atoms with van der Waals surface area (Å²) in [4.78, 5) is 0. The molecule has 2 heteroatoms. The SMILES string of the molecule is CC(C)=CCC/C(C)=C/CC/C(C)=C/CC/C(C)=C/COC(=S)Cc1ccccc1. The van der Waals surface area contributed by atoms with E-state index in [0.29, 0.717) is 18.1 Å². The van der Waals surface area contributed by atoms with Gasteiger partial charge in [0.15, 0.2) is 5.05 Å². The van der Waals surface area contributed by atoms with Crippen LogP contribution in [0.1, 0.15) is 78.7 Å². The van der Waals surface area contributed by atoms with E-state index in [0.717, 1.165) is 32.1 Å². The lowest BCUT2D eigenvalue weighted by Crippen LogP contribution is -2.05. The number of allylic oxidation sites excluding steroid dienone is 7. The van der Waals surface area contributed by atoms with Crippen LogP contribution in [0.5, 0.6) is 0 Å². The molecule has 30 heavy (non-hydrogen) atoms. The Morgan fingerprint density at radius 1 is 0.733 bits per heavy atom. The molecule has 164 valence electrons. The first-order valence-electron chi connectivity index (χ1n) is 11.2. The summed E-state index contributed by atoms with van der Waals surface area (Å²) in [5.41, 5.74) is 6.95. The number of benzene rings is 1. The van der Waals surface area contributed by atoms with Gasteiger partial charge < -0.3 is 4.74 Å². The first-order chi connectivity index (χ1) is 14.4. The first-order valence-corrected chi connectivity index (χ1v) is 11.6. The van der Waals surface area contributed by atoms with Gasteiger partial charge in [-0.1, -0.05) is 70.9 Å². The van der Waals surface area contributed by atoms with Crippen LogP contribution in [-0.2, 0) is 11.2 Å². The highest BCUT2D eigenvalue weighted by Crippen LogP contribution is 2.13. The molecule has 0 aromatic heterocycles. The molecule has 0 unspecified atom stereocenters. The summed E-state index contributed by atoms with van der Waals surface area (Å²) in [6.45, 7) is 11.6. The summed E-state index contributed by atoms with van der Waals surface area (Å²) in [6, 6.07) is 10.2. The van der Waals surface area contributed by atoms with Crippen LogP contribution in [0.25, 0.3) is 0 Å². The average Bonchev–Trinajstić information content (AvgIpc) is 2.68. The van der Waals surface area contributed by atoms with Gasteiger partial charge in [-0.15, -0.1) is 0 Å². The molecule has 1 rings (SSSR count). The number of ether oxygens (including phenoxy) is 1. The smallest absolute Gasteiger partial charge is 0.164 e. The molecule has 0 saturated carbocycles. The fraction of sp³-hybridized carbons (Fsp3) is 0.464. The zero-order chi connectivity index (χ0) is 22.2.